The summed E-state index contributed by atoms with van der Waals surface area (Å²) in [4.78, 5) is 13.5. The molecule has 27 heavy (non-hydrogen) atoms. The number of rotatable bonds is 4. The Balaban J connectivity index is 0.000000273. The Morgan fingerprint density at radius 1 is 1.04 bits per heavy atom. The highest BCUT2D eigenvalue weighted by atomic mass is 16.6. The Kier molecular flexibility index (Phi) is 8.14. The number of carbonyl (C=O) groups excluding carboxylic acids is 1. The van der Waals surface area contributed by atoms with E-state index in [1.165, 1.54) is 25.9 Å². The van der Waals surface area contributed by atoms with E-state index in [1.54, 1.807) is 7.11 Å². The summed E-state index contributed by atoms with van der Waals surface area (Å²) < 4.78 is 10.3. The van der Waals surface area contributed by atoms with Crippen LogP contribution < -0.4 is 10.5 Å². The highest BCUT2D eigenvalue weighted by Gasteiger charge is 2.17. The minimum absolute atomic E-state index is 0.510. The smallest absolute Gasteiger partial charge is 0.405 e. The van der Waals surface area contributed by atoms with Crippen LogP contribution in [-0.4, -0.2) is 38.2 Å². The van der Waals surface area contributed by atoms with E-state index in [9.17, 15) is 4.79 Å². The van der Waals surface area contributed by atoms with Gasteiger partial charge in [-0.25, -0.2) is 4.79 Å². The van der Waals surface area contributed by atoms with E-state index in [-0.39, 0.29) is 0 Å². The molecular formula is C22H30N2O3. The lowest BCUT2D eigenvalue weighted by Gasteiger charge is -2.26. The molecule has 5 heteroatoms. The molecule has 3 rings (SSSR count). The van der Waals surface area contributed by atoms with E-state index in [2.05, 4.69) is 18.9 Å². The molecule has 1 atom stereocenters. The van der Waals surface area contributed by atoms with Crippen LogP contribution >= 0.6 is 0 Å². The number of amides is 1. The Bertz CT molecular complexity index is 670. The number of nitrogens with zero attached hydrogens (tertiary/aromatic N) is 1. The lowest BCUT2D eigenvalue weighted by atomic mass is 10.00. The number of ether oxygens (including phenoxy) is 2. The molecule has 1 heterocycles. The van der Waals surface area contributed by atoms with Gasteiger partial charge in [0.05, 0.1) is 7.11 Å². The molecule has 1 saturated heterocycles. The summed E-state index contributed by atoms with van der Waals surface area (Å²) in [6, 6.07) is 16.8. The third-order valence-corrected chi connectivity index (χ3v) is 4.76. The molecule has 146 valence electrons. The van der Waals surface area contributed by atoms with Gasteiger partial charge in [0.25, 0.3) is 0 Å². The average molecular weight is 370 g/mol. The third kappa shape index (κ3) is 6.94. The van der Waals surface area contributed by atoms with E-state index < -0.39 is 12.2 Å². The van der Waals surface area contributed by atoms with Crippen molar-refractivity contribution in [3.63, 3.8) is 0 Å². The Morgan fingerprint density at radius 3 is 2.07 bits per heavy atom. The highest BCUT2D eigenvalue weighted by Crippen LogP contribution is 2.27. The van der Waals surface area contributed by atoms with Gasteiger partial charge in [0, 0.05) is 0 Å². The first kappa shape index (κ1) is 20.8. The number of likely N-dealkylation sites (tertiary alicyclic amines) is 1. The second-order valence-electron chi connectivity index (χ2n) is 6.99. The van der Waals surface area contributed by atoms with Crippen molar-refractivity contribution in [1.29, 1.82) is 0 Å². The van der Waals surface area contributed by atoms with Crippen LogP contribution in [0.1, 0.15) is 37.0 Å². The number of primary amides is 1. The van der Waals surface area contributed by atoms with Crippen molar-refractivity contribution < 1.29 is 14.3 Å². The molecule has 0 aliphatic carbocycles. The van der Waals surface area contributed by atoms with Crippen molar-refractivity contribution in [3.8, 4) is 5.75 Å². The van der Waals surface area contributed by atoms with E-state index in [0.29, 0.717) is 0 Å². The van der Waals surface area contributed by atoms with Crippen molar-refractivity contribution in [2.75, 3.05) is 27.2 Å². The lowest BCUT2D eigenvalue weighted by molar-refractivity contribution is 0.126. The van der Waals surface area contributed by atoms with Crippen molar-refractivity contribution >= 4 is 6.09 Å². The van der Waals surface area contributed by atoms with Gasteiger partial charge in [-0.1, -0.05) is 49.4 Å². The summed E-state index contributed by atoms with van der Waals surface area (Å²) in [6.45, 7) is 4.95. The minimum atomic E-state index is -0.801. The quantitative estimate of drug-likeness (QED) is 0.875. The van der Waals surface area contributed by atoms with Crippen molar-refractivity contribution in [1.82, 2.24) is 4.90 Å². The molecule has 1 amide bonds. The maximum atomic E-state index is 11.1. The summed E-state index contributed by atoms with van der Waals surface area (Å²) in [5.74, 6) is 1.72. The van der Waals surface area contributed by atoms with Crippen molar-refractivity contribution in [2.24, 2.45) is 11.7 Å². The van der Waals surface area contributed by atoms with Gasteiger partial charge in [-0.3, -0.25) is 0 Å². The molecule has 1 aliphatic heterocycles. The third-order valence-electron chi connectivity index (χ3n) is 4.76. The van der Waals surface area contributed by atoms with Gasteiger partial charge in [-0.2, -0.15) is 0 Å². The topological polar surface area (TPSA) is 64.8 Å². The molecule has 2 aromatic rings. The molecule has 0 bridgehead atoms. The first-order valence-electron chi connectivity index (χ1n) is 9.33. The van der Waals surface area contributed by atoms with E-state index in [0.717, 1.165) is 22.8 Å². The zero-order valence-electron chi connectivity index (χ0n) is 16.4. The van der Waals surface area contributed by atoms with Crippen molar-refractivity contribution in [3.05, 3.63) is 65.7 Å². The minimum Gasteiger partial charge on any atom is -0.497 e. The van der Waals surface area contributed by atoms with Gasteiger partial charge >= 0.3 is 6.09 Å². The normalized spacial score (nSPS) is 16.0. The molecule has 2 N–H and O–H groups in total. The number of benzene rings is 2. The second kappa shape index (κ2) is 10.6. The second-order valence-corrected chi connectivity index (χ2v) is 6.99. The van der Waals surface area contributed by atoms with Crippen LogP contribution in [0, 0.1) is 5.92 Å². The average Bonchev–Trinajstić information content (AvgIpc) is 2.69. The zero-order valence-corrected chi connectivity index (χ0v) is 16.4. The summed E-state index contributed by atoms with van der Waals surface area (Å²) in [5, 5.41) is 0. The monoisotopic (exact) mass is 370 g/mol. The molecule has 0 aromatic heterocycles. The van der Waals surface area contributed by atoms with Gasteiger partial charge in [0.1, 0.15) is 5.75 Å². The summed E-state index contributed by atoms with van der Waals surface area (Å²) in [7, 11) is 3.80. The van der Waals surface area contributed by atoms with Gasteiger partial charge in [0.2, 0.25) is 0 Å². The van der Waals surface area contributed by atoms with Gasteiger partial charge in [-0.15, -0.1) is 0 Å². The summed E-state index contributed by atoms with van der Waals surface area (Å²) >= 11 is 0. The number of methoxy groups -OCH3 is 1. The summed E-state index contributed by atoms with van der Waals surface area (Å²) in [6.07, 6.45) is 1.49. The highest BCUT2D eigenvalue weighted by molar-refractivity contribution is 5.65. The number of hydrogen-bond acceptors (Lipinski definition) is 4. The number of carbonyl (C=O) groups is 1. The van der Waals surface area contributed by atoms with Crippen LogP contribution in [0.15, 0.2) is 54.6 Å². The van der Waals surface area contributed by atoms with Crippen LogP contribution in [0.5, 0.6) is 5.75 Å². The molecule has 5 nitrogen and oxygen atoms in total. The molecule has 1 unspecified atom stereocenters. The van der Waals surface area contributed by atoms with Crippen LogP contribution in [0.25, 0.3) is 0 Å². The standard InChI is InChI=1S/C15H15NO3.C7H15N/c1-18-13-9-7-12(8-10-13)14(19-15(16)17)11-5-3-2-4-6-11;1-7-3-5-8(2)6-4-7/h2-10,14H,1H3,(H2,16,17);7H,3-6H2,1-2H3. The van der Waals surface area contributed by atoms with Crippen LogP contribution in [0.2, 0.25) is 0 Å². The maximum Gasteiger partial charge on any atom is 0.405 e. The zero-order chi connectivity index (χ0) is 19.6. The first-order chi connectivity index (χ1) is 13.0. The SMILES string of the molecule is CC1CCN(C)CC1.COc1ccc(C(OC(N)=O)c2ccccc2)cc1. The fourth-order valence-corrected chi connectivity index (χ4v) is 2.99. The van der Waals surface area contributed by atoms with Gasteiger partial charge < -0.3 is 20.1 Å². The molecule has 0 spiro atoms. The Hall–Kier alpha value is -2.53. The summed E-state index contributed by atoms with van der Waals surface area (Å²) in [5.41, 5.74) is 6.84. The number of nitrogens with two attached hydrogens (primary N) is 1. The Morgan fingerprint density at radius 2 is 1.59 bits per heavy atom. The molecular weight excluding hydrogens is 340 g/mol. The molecule has 0 saturated carbocycles. The molecule has 1 fully saturated rings. The maximum absolute atomic E-state index is 11.1. The van der Waals surface area contributed by atoms with Crippen LogP contribution in [0.4, 0.5) is 4.79 Å². The molecule has 1 aliphatic rings. The largest absolute Gasteiger partial charge is 0.497 e. The fraction of sp³-hybridized carbons (Fsp3) is 0.409. The predicted octanol–water partition coefficient (Wildman–Crippen LogP) is 4.23. The fourth-order valence-electron chi connectivity index (χ4n) is 2.99. The Labute approximate surface area is 162 Å². The number of piperidine rings is 1. The lowest BCUT2D eigenvalue weighted by Crippen LogP contribution is -2.28. The van der Waals surface area contributed by atoms with Gasteiger partial charge in [-0.05, 0) is 62.2 Å². The van der Waals surface area contributed by atoms with Crippen LogP contribution in [0.3, 0.4) is 0 Å². The van der Waals surface area contributed by atoms with E-state index >= 15 is 0 Å². The van der Waals surface area contributed by atoms with Crippen LogP contribution in [-0.2, 0) is 4.74 Å². The predicted molar refractivity (Wildman–Crippen MR) is 108 cm³/mol. The van der Waals surface area contributed by atoms with E-state index in [1.807, 2.05) is 54.6 Å². The van der Waals surface area contributed by atoms with Gasteiger partial charge in [0.15, 0.2) is 6.10 Å². The number of hydrogen-bond donors (Lipinski definition) is 1. The molecule has 0 radical (unpaired) electrons. The molecule has 2 aromatic carbocycles. The van der Waals surface area contributed by atoms with Crippen molar-refractivity contribution in [2.45, 2.75) is 25.9 Å². The first-order valence-corrected chi connectivity index (χ1v) is 9.33. The van der Waals surface area contributed by atoms with E-state index in [4.69, 9.17) is 15.2 Å².